The highest BCUT2D eigenvalue weighted by molar-refractivity contribution is 5.46. The molecule has 0 atom stereocenters. The Hall–Kier alpha value is -1.23. The van der Waals surface area contributed by atoms with E-state index in [9.17, 15) is 4.79 Å². The lowest BCUT2D eigenvalue weighted by atomic mass is 10.5. The zero-order chi connectivity index (χ0) is 7.98. The van der Waals surface area contributed by atoms with Crippen molar-refractivity contribution in [2.45, 2.75) is 0 Å². The van der Waals surface area contributed by atoms with Crippen LogP contribution in [0, 0.1) is 0 Å². The Labute approximate surface area is 59.6 Å². The zero-order valence-electron chi connectivity index (χ0n) is 5.87. The maximum Gasteiger partial charge on any atom is 0.207 e. The van der Waals surface area contributed by atoms with Crippen molar-refractivity contribution in [3.05, 3.63) is 11.9 Å². The molecule has 0 aliphatic rings. The molecule has 0 saturated heterocycles. The van der Waals surface area contributed by atoms with Gasteiger partial charge in [0, 0.05) is 18.9 Å². The molecule has 0 unspecified atom stereocenters. The average molecular weight is 144 g/mol. The normalized spacial score (nSPS) is 10.8. The molecule has 58 valence electrons. The van der Waals surface area contributed by atoms with Crippen molar-refractivity contribution >= 4 is 6.41 Å². The molecule has 0 aromatic rings. The van der Waals surface area contributed by atoms with Crippen LogP contribution in [-0.2, 0) is 4.79 Å². The fraction of sp³-hybridized carbons (Fsp3) is 0.400. The van der Waals surface area contributed by atoms with Crippen molar-refractivity contribution < 1.29 is 4.79 Å². The Balaban J connectivity index is 3.59. The third-order valence-corrected chi connectivity index (χ3v) is 0.759. The van der Waals surface area contributed by atoms with Crippen LogP contribution >= 0.6 is 0 Å². The molecule has 0 aromatic carbocycles. The quantitative estimate of drug-likeness (QED) is 0.250. The van der Waals surface area contributed by atoms with E-state index in [1.54, 1.807) is 7.05 Å². The van der Waals surface area contributed by atoms with E-state index in [1.165, 1.54) is 11.2 Å². The summed E-state index contributed by atoms with van der Waals surface area (Å²) in [4.78, 5) is 9.76. The molecule has 1 amide bonds. The zero-order valence-corrected chi connectivity index (χ0v) is 5.87. The molecule has 0 heterocycles. The molecule has 0 fully saturated rings. The third-order valence-electron chi connectivity index (χ3n) is 0.759. The second kappa shape index (κ2) is 4.63. The van der Waals surface area contributed by atoms with Crippen LogP contribution in [0.25, 0.3) is 0 Å². The maximum absolute atomic E-state index is 9.76. The standard InChI is InChI=1S/C5H12N4O/c1-9(7)3-5(6)2-8-4-10/h3-4H,2,6-7H2,1H3,(H,8,10)/b5-3-. The van der Waals surface area contributed by atoms with Gasteiger partial charge in [-0.1, -0.05) is 0 Å². The summed E-state index contributed by atoms with van der Waals surface area (Å²) in [5, 5.41) is 3.72. The molecule has 5 nitrogen and oxygen atoms in total. The fourth-order valence-corrected chi connectivity index (χ4v) is 0.467. The van der Waals surface area contributed by atoms with E-state index < -0.39 is 0 Å². The van der Waals surface area contributed by atoms with Gasteiger partial charge < -0.3 is 16.1 Å². The molecule has 5 heteroatoms. The van der Waals surface area contributed by atoms with E-state index >= 15 is 0 Å². The maximum atomic E-state index is 9.76. The highest BCUT2D eigenvalue weighted by atomic mass is 16.1. The molecule has 0 aliphatic carbocycles. The van der Waals surface area contributed by atoms with E-state index in [-0.39, 0.29) is 0 Å². The minimum Gasteiger partial charge on any atom is -0.399 e. The Morgan fingerprint density at radius 1 is 1.80 bits per heavy atom. The number of carbonyl (C=O) groups is 1. The monoisotopic (exact) mass is 144 g/mol. The van der Waals surface area contributed by atoms with Crippen molar-refractivity contribution in [1.29, 1.82) is 0 Å². The second-order valence-electron chi connectivity index (χ2n) is 1.87. The van der Waals surface area contributed by atoms with E-state index in [1.807, 2.05) is 0 Å². The topological polar surface area (TPSA) is 84.4 Å². The van der Waals surface area contributed by atoms with Crippen LogP contribution in [0.3, 0.4) is 0 Å². The number of rotatable bonds is 4. The molecule has 0 radical (unpaired) electrons. The molecule has 0 bridgehead atoms. The van der Waals surface area contributed by atoms with Gasteiger partial charge >= 0.3 is 0 Å². The van der Waals surface area contributed by atoms with Gasteiger partial charge in [-0.05, 0) is 0 Å². The molecule has 0 aromatic heterocycles. The predicted octanol–water partition coefficient (Wildman–Crippen LogP) is -1.66. The molecule has 0 rings (SSSR count). The van der Waals surface area contributed by atoms with Crippen LogP contribution in [-0.4, -0.2) is 25.0 Å². The van der Waals surface area contributed by atoms with Crippen molar-refractivity contribution in [2.24, 2.45) is 11.6 Å². The third kappa shape index (κ3) is 4.92. The molecule has 0 saturated carbocycles. The van der Waals surface area contributed by atoms with Gasteiger partial charge in [-0.25, -0.2) is 5.84 Å². The van der Waals surface area contributed by atoms with Crippen molar-refractivity contribution in [2.75, 3.05) is 13.6 Å². The lowest BCUT2D eigenvalue weighted by molar-refractivity contribution is -0.109. The van der Waals surface area contributed by atoms with E-state index in [0.29, 0.717) is 18.7 Å². The number of nitrogens with zero attached hydrogens (tertiary/aromatic N) is 1. The molecule has 5 N–H and O–H groups in total. The van der Waals surface area contributed by atoms with E-state index in [0.717, 1.165) is 0 Å². The number of amides is 1. The lowest BCUT2D eigenvalue weighted by Gasteiger charge is -2.06. The van der Waals surface area contributed by atoms with Gasteiger partial charge in [0.05, 0.1) is 6.54 Å². The first-order chi connectivity index (χ1) is 4.66. The van der Waals surface area contributed by atoms with Gasteiger partial charge in [0.25, 0.3) is 0 Å². The number of hydrogen-bond acceptors (Lipinski definition) is 4. The number of nitrogens with one attached hydrogen (secondary N) is 1. The Bertz CT molecular complexity index is 132. The van der Waals surface area contributed by atoms with E-state index in [4.69, 9.17) is 11.6 Å². The van der Waals surface area contributed by atoms with Crippen LogP contribution in [0.5, 0.6) is 0 Å². The smallest absolute Gasteiger partial charge is 0.207 e. The Morgan fingerprint density at radius 2 is 2.40 bits per heavy atom. The van der Waals surface area contributed by atoms with Crippen LogP contribution in [0.15, 0.2) is 11.9 Å². The summed E-state index contributed by atoms with van der Waals surface area (Å²) in [5.41, 5.74) is 5.89. The summed E-state index contributed by atoms with van der Waals surface area (Å²) in [6.07, 6.45) is 2.10. The van der Waals surface area contributed by atoms with Gasteiger partial charge in [-0.2, -0.15) is 0 Å². The summed E-state index contributed by atoms with van der Waals surface area (Å²) in [5.74, 6) is 5.23. The number of carbonyl (C=O) groups excluding carboxylic acids is 1. The van der Waals surface area contributed by atoms with Gasteiger partial charge in [0.1, 0.15) is 0 Å². The number of hydrogen-bond donors (Lipinski definition) is 3. The van der Waals surface area contributed by atoms with Crippen molar-refractivity contribution in [3.8, 4) is 0 Å². The first-order valence-electron chi connectivity index (χ1n) is 2.77. The van der Waals surface area contributed by atoms with Gasteiger partial charge in [0.15, 0.2) is 0 Å². The van der Waals surface area contributed by atoms with Gasteiger partial charge in [0.2, 0.25) is 6.41 Å². The minimum absolute atomic E-state index is 0.324. The van der Waals surface area contributed by atoms with Crippen LogP contribution in [0.1, 0.15) is 0 Å². The highest BCUT2D eigenvalue weighted by Crippen LogP contribution is 1.79. The average Bonchev–Trinajstić information content (AvgIpc) is 1.82. The first kappa shape index (κ1) is 8.77. The molecule has 0 aliphatic heterocycles. The van der Waals surface area contributed by atoms with Crippen molar-refractivity contribution in [1.82, 2.24) is 10.3 Å². The predicted molar refractivity (Wildman–Crippen MR) is 38.3 cm³/mol. The molecular weight excluding hydrogens is 132 g/mol. The lowest BCUT2D eigenvalue weighted by Crippen LogP contribution is -2.25. The van der Waals surface area contributed by atoms with Crippen molar-refractivity contribution in [3.63, 3.8) is 0 Å². The van der Waals surface area contributed by atoms with Crippen LogP contribution in [0.4, 0.5) is 0 Å². The molecule has 10 heavy (non-hydrogen) atoms. The first-order valence-corrected chi connectivity index (χ1v) is 2.77. The number of hydrazine groups is 1. The van der Waals surface area contributed by atoms with Gasteiger partial charge in [-0.3, -0.25) is 4.79 Å². The second-order valence-corrected chi connectivity index (χ2v) is 1.87. The van der Waals surface area contributed by atoms with Crippen LogP contribution < -0.4 is 16.9 Å². The SMILES string of the molecule is CN(N)/C=C(\N)CNC=O. The van der Waals surface area contributed by atoms with Gasteiger partial charge in [-0.15, -0.1) is 0 Å². The molecular formula is C5H12N4O. The summed E-state index contributed by atoms with van der Waals surface area (Å²) >= 11 is 0. The summed E-state index contributed by atoms with van der Waals surface area (Å²) in [6, 6.07) is 0. The fourth-order valence-electron chi connectivity index (χ4n) is 0.467. The highest BCUT2D eigenvalue weighted by Gasteiger charge is 1.87. The Morgan fingerprint density at radius 3 is 2.80 bits per heavy atom. The number of nitrogens with two attached hydrogens (primary N) is 2. The van der Waals surface area contributed by atoms with E-state index in [2.05, 4.69) is 5.32 Å². The minimum atomic E-state index is 0.324. The largest absolute Gasteiger partial charge is 0.399 e. The molecule has 0 spiro atoms. The summed E-state index contributed by atoms with van der Waals surface area (Å²) in [6.45, 7) is 0.324. The Kier molecular flexibility index (Phi) is 4.06. The summed E-state index contributed by atoms with van der Waals surface area (Å²) < 4.78 is 0. The summed E-state index contributed by atoms with van der Waals surface area (Å²) in [7, 11) is 1.65. The van der Waals surface area contributed by atoms with Crippen LogP contribution in [0.2, 0.25) is 0 Å².